The number of carbonyl (C=O) groups is 1. The van der Waals surface area contributed by atoms with E-state index in [9.17, 15) is 13.2 Å². The molecule has 1 heterocycles. The van der Waals surface area contributed by atoms with Crippen LogP contribution < -0.4 is 4.90 Å². The zero-order chi connectivity index (χ0) is 27.2. The average Bonchev–Trinajstić information content (AvgIpc) is 3.31. The van der Waals surface area contributed by atoms with Gasteiger partial charge in [0.25, 0.3) is 5.91 Å². The first-order valence-corrected chi connectivity index (χ1v) is 15.4. The molecule has 0 atom stereocenters. The monoisotopic (exact) mass is 580 g/mol. The van der Waals surface area contributed by atoms with E-state index in [4.69, 9.17) is 4.98 Å². The van der Waals surface area contributed by atoms with Crippen molar-refractivity contribution in [3.8, 4) is 0 Å². The van der Waals surface area contributed by atoms with Crippen molar-refractivity contribution in [2.45, 2.75) is 59.3 Å². The van der Waals surface area contributed by atoms with Crippen molar-refractivity contribution >= 4 is 55.0 Å². The van der Waals surface area contributed by atoms with Crippen molar-refractivity contribution in [3.63, 3.8) is 0 Å². The molecule has 3 aromatic rings. The van der Waals surface area contributed by atoms with Crippen LogP contribution in [0.4, 0.5) is 5.13 Å². The Hall–Kier alpha value is -2.04. The van der Waals surface area contributed by atoms with E-state index in [1.807, 2.05) is 20.8 Å². The fourth-order valence-corrected chi connectivity index (χ4v) is 7.05. The Labute approximate surface area is 238 Å². The molecule has 38 heavy (non-hydrogen) atoms. The Morgan fingerprint density at radius 2 is 1.58 bits per heavy atom. The molecule has 0 radical (unpaired) electrons. The zero-order valence-corrected chi connectivity index (χ0v) is 25.8. The van der Waals surface area contributed by atoms with Gasteiger partial charge in [-0.1, -0.05) is 51.5 Å². The molecule has 0 bridgehead atoms. The van der Waals surface area contributed by atoms with Crippen LogP contribution in [0, 0.1) is 13.8 Å². The molecule has 0 fully saturated rings. The lowest BCUT2D eigenvalue weighted by atomic mass is 10.1. The molecular weight excluding hydrogens is 540 g/mol. The molecule has 210 valence electrons. The Kier molecular flexibility index (Phi) is 12.2. The first-order valence-electron chi connectivity index (χ1n) is 13.2. The number of amides is 1. The number of likely N-dealkylation sites (N-methyl/N-ethyl adjacent to an activating group) is 1. The number of anilines is 1. The third kappa shape index (κ3) is 7.33. The lowest BCUT2D eigenvalue weighted by molar-refractivity contribution is 0.0983. The van der Waals surface area contributed by atoms with Crippen LogP contribution in [0.25, 0.3) is 10.2 Å². The lowest BCUT2D eigenvalue weighted by Gasteiger charge is -2.25. The summed E-state index contributed by atoms with van der Waals surface area (Å²) in [5, 5.41) is 0.661. The van der Waals surface area contributed by atoms with Gasteiger partial charge >= 0.3 is 0 Å². The molecule has 0 saturated heterocycles. The average molecular weight is 581 g/mol. The largest absolute Gasteiger partial charge is 0.302 e. The van der Waals surface area contributed by atoms with Crippen LogP contribution in [0.5, 0.6) is 0 Å². The van der Waals surface area contributed by atoms with Crippen molar-refractivity contribution in [1.29, 1.82) is 0 Å². The SMILES string of the molecule is CCCCN(CC)S(=O)(=O)c1ccc(C(=O)N(CCN(CC)CC)c2nc3c(C)cc(C)cc3s2)cc1.Cl. The van der Waals surface area contributed by atoms with Crippen molar-refractivity contribution in [2.75, 3.05) is 44.2 Å². The normalized spacial score (nSPS) is 11.8. The molecule has 0 aliphatic carbocycles. The van der Waals surface area contributed by atoms with E-state index >= 15 is 0 Å². The quantitative estimate of drug-likeness (QED) is 0.243. The zero-order valence-electron chi connectivity index (χ0n) is 23.4. The van der Waals surface area contributed by atoms with Gasteiger partial charge in [-0.15, -0.1) is 12.4 Å². The van der Waals surface area contributed by atoms with Gasteiger partial charge in [0.05, 0.1) is 15.1 Å². The van der Waals surface area contributed by atoms with Gasteiger partial charge in [-0.2, -0.15) is 4.31 Å². The van der Waals surface area contributed by atoms with E-state index in [2.05, 4.69) is 37.8 Å². The van der Waals surface area contributed by atoms with E-state index < -0.39 is 10.0 Å². The highest BCUT2D eigenvalue weighted by Crippen LogP contribution is 2.32. The summed E-state index contributed by atoms with van der Waals surface area (Å²) in [6.45, 7) is 16.1. The maximum Gasteiger partial charge on any atom is 0.260 e. The first kappa shape index (κ1) is 32.2. The predicted molar refractivity (Wildman–Crippen MR) is 162 cm³/mol. The molecule has 3 rings (SSSR count). The van der Waals surface area contributed by atoms with Crippen molar-refractivity contribution in [3.05, 3.63) is 53.1 Å². The minimum absolute atomic E-state index is 0. The van der Waals surface area contributed by atoms with Crippen LogP contribution >= 0.6 is 23.7 Å². The van der Waals surface area contributed by atoms with Crippen LogP contribution in [0.1, 0.15) is 62.0 Å². The second-order valence-corrected chi connectivity index (χ2v) is 12.2. The summed E-state index contributed by atoms with van der Waals surface area (Å²) in [5.41, 5.74) is 3.62. The molecule has 0 aliphatic rings. The smallest absolute Gasteiger partial charge is 0.260 e. The number of unbranched alkanes of at least 4 members (excludes halogenated alkanes) is 1. The van der Waals surface area contributed by atoms with Gasteiger partial charge in [0.2, 0.25) is 10.0 Å². The third-order valence-electron chi connectivity index (χ3n) is 6.68. The second-order valence-electron chi connectivity index (χ2n) is 9.28. The summed E-state index contributed by atoms with van der Waals surface area (Å²) in [7, 11) is -3.60. The minimum Gasteiger partial charge on any atom is -0.302 e. The standard InChI is InChI=1S/C28H40N4O3S2.ClH/c1-7-11-16-31(10-4)37(34,35)24-14-12-23(13-15-24)27(33)32(18-17-30(8-2)9-3)28-29-26-22(6)19-21(5)20-25(26)36-28;/h12-15,19-20H,7-11,16-18H2,1-6H3;1H. The number of fused-ring (bicyclic) bond motifs is 1. The van der Waals surface area contributed by atoms with Crippen LogP contribution in [0.3, 0.4) is 0 Å². The molecule has 1 aromatic heterocycles. The number of aryl methyl sites for hydroxylation is 2. The Bertz CT molecular complexity index is 1310. The van der Waals surface area contributed by atoms with Gasteiger partial charge < -0.3 is 4.90 Å². The number of aromatic nitrogens is 1. The molecule has 0 aliphatic heterocycles. The molecule has 0 saturated carbocycles. The number of nitrogens with zero attached hydrogens (tertiary/aromatic N) is 4. The number of carbonyl (C=O) groups excluding carboxylic acids is 1. The van der Waals surface area contributed by atoms with E-state index in [-0.39, 0.29) is 23.2 Å². The van der Waals surface area contributed by atoms with Crippen LogP contribution in [0.2, 0.25) is 0 Å². The maximum atomic E-state index is 13.8. The summed E-state index contributed by atoms with van der Waals surface area (Å²) in [6, 6.07) is 10.5. The fourth-order valence-electron chi connectivity index (χ4n) is 4.40. The summed E-state index contributed by atoms with van der Waals surface area (Å²) < 4.78 is 28.8. The highest BCUT2D eigenvalue weighted by molar-refractivity contribution is 7.89. The maximum absolute atomic E-state index is 13.8. The van der Waals surface area contributed by atoms with Crippen molar-refractivity contribution in [1.82, 2.24) is 14.2 Å². The van der Waals surface area contributed by atoms with Gasteiger partial charge in [-0.05, 0) is 74.8 Å². The fraction of sp³-hybridized carbons (Fsp3) is 0.500. The topological polar surface area (TPSA) is 73.8 Å². The van der Waals surface area contributed by atoms with Gasteiger partial charge in [0.15, 0.2) is 5.13 Å². The van der Waals surface area contributed by atoms with Crippen LogP contribution in [0.15, 0.2) is 41.3 Å². The van der Waals surface area contributed by atoms with Crippen LogP contribution in [-0.2, 0) is 10.0 Å². The van der Waals surface area contributed by atoms with Gasteiger partial charge in [0, 0.05) is 31.7 Å². The van der Waals surface area contributed by atoms with Crippen molar-refractivity contribution < 1.29 is 13.2 Å². The lowest BCUT2D eigenvalue weighted by Crippen LogP contribution is -2.39. The molecule has 7 nitrogen and oxygen atoms in total. The Balaban J connectivity index is 0.00000507. The van der Waals surface area contributed by atoms with E-state index in [0.717, 1.165) is 53.8 Å². The number of sulfonamides is 1. The minimum atomic E-state index is -3.60. The van der Waals surface area contributed by atoms with E-state index in [1.165, 1.54) is 15.6 Å². The highest BCUT2D eigenvalue weighted by atomic mass is 35.5. The number of halogens is 1. The molecule has 10 heteroatoms. The summed E-state index contributed by atoms with van der Waals surface area (Å²) in [4.78, 5) is 22.8. The summed E-state index contributed by atoms with van der Waals surface area (Å²) in [6.07, 6.45) is 1.74. The predicted octanol–water partition coefficient (Wildman–Crippen LogP) is 6.13. The molecule has 0 spiro atoms. The summed E-state index contributed by atoms with van der Waals surface area (Å²) in [5.74, 6) is -0.178. The highest BCUT2D eigenvalue weighted by Gasteiger charge is 2.25. The Morgan fingerprint density at radius 1 is 0.921 bits per heavy atom. The third-order valence-corrected chi connectivity index (χ3v) is 9.70. The number of thiazole rings is 1. The summed E-state index contributed by atoms with van der Waals surface area (Å²) >= 11 is 1.52. The van der Waals surface area contributed by atoms with E-state index in [1.54, 1.807) is 29.2 Å². The molecule has 0 N–H and O–H groups in total. The van der Waals surface area contributed by atoms with E-state index in [0.29, 0.717) is 30.3 Å². The number of rotatable bonds is 13. The molecular formula is C28H41ClN4O3S2. The molecule has 1 amide bonds. The van der Waals surface area contributed by atoms with Crippen LogP contribution in [-0.4, -0.2) is 67.8 Å². The van der Waals surface area contributed by atoms with Gasteiger partial charge in [-0.25, -0.2) is 13.4 Å². The van der Waals surface area contributed by atoms with Gasteiger partial charge in [0.1, 0.15) is 0 Å². The van der Waals surface area contributed by atoms with Gasteiger partial charge in [-0.3, -0.25) is 9.69 Å². The van der Waals surface area contributed by atoms with Crippen molar-refractivity contribution in [2.24, 2.45) is 0 Å². The second kappa shape index (κ2) is 14.4. The Morgan fingerprint density at radius 3 is 2.16 bits per heavy atom. The molecule has 0 unspecified atom stereocenters. The molecule has 2 aromatic carbocycles. The first-order chi connectivity index (χ1) is 17.7. The number of hydrogen-bond donors (Lipinski definition) is 0. The number of benzene rings is 2. The number of hydrogen-bond acceptors (Lipinski definition) is 6.